The van der Waals surface area contributed by atoms with Crippen LogP contribution in [0, 0.1) is 5.82 Å². The summed E-state index contributed by atoms with van der Waals surface area (Å²) in [5.41, 5.74) is 1.35. The molecule has 15 heavy (non-hydrogen) atoms. The lowest BCUT2D eigenvalue weighted by Crippen LogP contribution is -1.71. The van der Waals surface area contributed by atoms with Crippen molar-refractivity contribution in [2.24, 2.45) is 0 Å². The lowest BCUT2D eigenvalue weighted by molar-refractivity contribution is 0.618. The number of benzene rings is 2. The first-order valence-corrected chi connectivity index (χ1v) is 5.31. The number of fused-ring (bicyclic) bond motifs is 3. The fraction of sp³-hybridized carbons (Fsp3) is 0. The van der Waals surface area contributed by atoms with Crippen molar-refractivity contribution in [3.05, 3.63) is 46.7 Å². The van der Waals surface area contributed by atoms with Crippen LogP contribution in [0.4, 0.5) is 4.39 Å². The molecule has 2 aromatic carbocycles. The zero-order valence-corrected chi connectivity index (χ0v) is 9.21. The summed E-state index contributed by atoms with van der Waals surface area (Å²) in [6.07, 6.45) is 0. The largest absolute Gasteiger partial charge is 0.456 e. The highest BCUT2D eigenvalue weighted by molar-refractivity contribution is 9.10. The van der Waals surface area contributed by atoms with Crippen molar-refractivity contribution in [2.45, 2.75) is 0 Å². The zero-order chi connectivity index (χ0) is 10.4. The molecule has 1 nitrogen and oxygen atoms in total. The first-order chi connectivity index (χ1) is 7.25. The van der Waals surface area contributed by atoms with Gasteiger partial charge in [0.25, 0.3) is 0 Å². The van der Waals surface area contributed by atoms with Crippen LogP contribution in [-0.2, 0) is 0 Å². The monoisotopic (exact) mass is 264 g/mol. The summed E-state index contributed by atoms with van der Waals surface area (Å²) in [6.45, 7) is 0. The van der Waals surface area contributed by atoms with Crippen LogP contribution in [0.3, 0.4) is 0 Å². The Bertz CT molecular complexity index is 657. The van der Waals surface area contributed by atoms with Crippen LogP contribution < -0.4 is 0 Å². The van der Waals surface area contributed by atoms with Crippen molar-refractivity contribution < 1.29 is 8.81 Å². The van der Waals surface area contributed by atoms with E-state index in [1.807, 2.05) is 18.2 Å². The fourth-order valence-corrected chi connectivity index (χ4v) is 2.32. The molecule has 0 aliphatic heterocycles. The summed E-state index contributed by atoms with van der Waals surface area (Å²) in [4.78, 5) is 0. The number of hydrogen-bond acceptors (Lipinski definition) is 1. The van der Waals surface area contributed by atoms with Crippen LogP contribution in [0.15, 0.2) is 45.3 Å². The van der Waals surface area contributed by atoms with E-state index in [1.165, 1.54) is 12.1 Å². The van der Waals surface area contributed by atoms with Gasteiger partial charge in [-0.3, -0.25) is 0 Å². The second kappa shape index (κ2) is 3.07. The molecule has 3 rings (SSSR count). The Labute approximate surface area is 93.6 Å². The standard InChI is InChI=1S/C12H6BrFO/c13-9-2-1-3-10-12(9)8-5-4-7(14)6-11(8)15-10/h1-6H. The SMILES string of the molecule is Fc1ccc2c(c1)oc1cccc(Br)c12. The minimum Gasteiger partial charge on any atom is -0.456 e. The van der Waals surface area contributed by atoms with Gasteiger partial charge in [0.1, 0.15) is 17.0 Å². The predicted octanol–water partition coefficient (Wildman–Crippen LogP) is 4.49. The van der Waals surface area contributed by atoms with E-state index in [2.05, 4.69) is 15.9 Å². The van der Waals surface area contributed by atoms with Crippen molar-refractivity contribution in [3.8, 4) is 0 Å². The van der Waals surface area contributed by atoms with Gasteiger partial charge in [-0.2, -0.15) is 0 Å². The van der Waals surface area contributed by atoms with Gasteiger partial charge < -0.3 is 4.42 Å². The lowest BCUT2D eigenvalue weighted by Gasteiger charge is -1.92. The molecule has 0 spiro atoms. The zero-order valence-electron chi connectivity index (χ0n) is 7.63. The maximum Gasteiger partial charge on any atom is 0.138 e. The number of rotatable bonds is 0. The van der Waals surface area contributed by atoms with E-state index in [-0.39, 0.29) is 5.82 Å². The summed E-state index contributed by atoms with van der Waals surface area (Å²) < 4.78 is 19.5. The average molecular weight is 265 g/mol. The molecule has 0 amide bonds. The van der Waals surface area contributed by atoms with Gasteiger partial charge >= 0.3 is 0 Å². The third-order valence-electron chi connectivity index (χ3n) is 2.41. The molecule has 0 unspecified atom stereocenters. The van der Waals surface area contributed by atoms with Crippen LogP contribution in [0.25, 0.3) is 21.9 Å². The fourth-order valence-electron chi connectivity index (χ4n) is 1.76. The Hall–Kier alpha value is -1.35. The molecular formula is C12H6BrFO. The number of halogens is 2. The highest BCUT2D eigenvalue weighted by atomic mass is 79.9. The molecule has 1 aromatic heterocycles. The van der Waals surface area contributed by atoms with Crippen molar-refractivity contribution in [1.82, 2.24) is 0 Å². The van der Waals surface area contributed by atoms with E-state index in [1.54, 1.807) is 6.07 Å². The molecule has 0 aliphatic carbocycles. The maximum absolute atomic E-state index is 13.0. The van der Waals surface area contributed by atoms with Crippen molar-refractivity contribution in [3.63, 3.8) is 0 Å². The van der Waals surface area contributed by atoms with E-state index >= 15 is 0 Å². The Balaban J connectivity index is 2.59. The second-order valence-electron chi connectivity index (χ2n) is 3.36. The molecule has 0 fully saturated rings. The molecule has 1 heterocycles. The summed E-state index contributed by atoms with van der Waals surface area (Å²) in [7, 11) is 0. The number of furan rings is 1. The molecular weight excluding hydrogens is 259 g/mol. The van der Waals surface area contributed by atoms with Crippen molar-refractivity contribution >= 4 is 37.9 Å². The molecule has 0 bridgehead atoms. The first-order valence-electron chi connectivity index (χ1n) is 4.52. The van der Waals surface area contributed by atoms with Gasteiger partial charge in [-0.15, -0.1) is 0 Å². The van der Waals surface area contributed by atoms with E-state index in [9.17, 15) is 4.39 Å². The van der Waals surface area contributed by atoms with E-state index in [0.717, 1.165) is 20.8 Å². The maximum atomic E-state index is 13.0. The van der Waals surface area contributed by atoms with Crippen LogP contribution >= 0.6 is 15.9 Å². The average Bonchev–Trinajstić information content (AvgIpc) is 2.56. The van der Waals surface area contributed by atoms with Crippen molar-refractivity contribution in [1.29, 1.82) is 0 Å². The van der Waals surface area contributed by atoms with Crippen LogP contribution in [-0.4, -0.2) is 0 Å². The first kappa shape index (κ1) is 8.92. The minimum atomic E-state index is -0.280. The quantitative estimate of drug-likeness (QED) is 0.583. The van der Waals surface area contributed by atoms with Gasteiger partial charge in [0, 0.05) is 21.3 Å². The summed E-state index contributed by atoms with van der Waals surface area (Å²) in [5.74, 6) is -0.280. The van der Waals surface area contributed by atoms with Gasteiger partial charge in [0.15, 0.2) is 0 Å². The Morgan fingerprint density at radius 2 is 1.93 bits per heavy atom. The Kier molecular flexibility index (Phi) is 1.83. The molecule has 74 valence electrons. The molecule has 0 saturated carbocycles. The van der Waals surface area contributed by atoms with Gasteiger partial charge in [-0.25, -0.2) is 4.39 Å². The minimum absolute atomic E-state index is 0.280. The van der Waals surface area contributed by atoms with Crippen LogP contribution in [0.5, 0.6) is 0 Å². The molecule has 0 aliphatic rings. The van der Waals surface area contributed by atoms with Crippen molar-refractivity contribution in [2.75, 3.05) is 0 Å². The van der Waals surface area contributed by atoms with Gasteiger partial charge in [0.2, 0.25) is 0 Å². The van der Waals surface area contributed by atoms with Gasteiger partial charge in [-0.1, -0.05) is 22.0 Å². The van der Waals surface area contributed by atoms with Crippen LogP contribution in [0.1, 0.15) is 0 Å². The van der Waals surface area contributed by atoms with Crippen LogP contribution in [0.2, 0.25) is 0 Å². The smallest absolute Gasteiger partial charge is 0.138 e. The van der Waals surface area contributed by atoms with E-state index < -0.39 is 0 Å². The van der Waals surface area contributed by atoms with E-state index in [4.69, 9.17) is 4.42 Å². The number of hydrogen-bond donors (Lipinski definition) is 0. The molecule has 0 saturated heterocycles. The summed E-state index contributed by atoms with van der Waals surface area (Å²) >= 11 is 3.46. The normalized spacial score (nSPS) is 11.3. The Morgan fingerprint density at radius 3 is 2.80 bits per heavy atom. The highest BCUT2D eigenvalue weighted by Crippen LogP contribution is 2.33. The molecule has 0 atom stereocenters. The summed E-state index contributed by atoms with van der Waals surface area (Å²) in [5, 5.41) is 1.92. The predicted molar refractivity (Wildman–Crippen MR) is 61.4 cm³/mol. The molecule has 0 radical (unpaired) electrons. The van der Waals surface area contributed by atoms with E-state index in [0.29, 0.717) is 5.58 Å². The molecule has 0 N–H and O–H groups in total. The molecule has 3 heteroatoms. The third-order valence-corrected chi connectivity index (χ3v) is 3.07. The highest BCUT2D eigenvalue weighted by Gasteiger charge is 2.09. The Morgan fingerprint density at radius 1 is 1.07 bits per heavy atom. The second-order valence-corrected chi connectivity index (χ2v) is 4.21. The van der Waals surface area contributed by atoms with Gasteiger partial charge in [-0.05, 0) is 24.3 Å². The molecule has 3 aromatic rings. The van der Waals surface area contributed by atoms with Gasteiger partial charge in [0.05, 0.1) is 0 Å². The summed E-state index contributed by atoms with van der Waals surface area (Å²) in [6, 6.07) is 10.3. The third kappa shape index (κ3) is 1.27. The topological polar surface area (TPSA) is 13.1 Å². The lowest BCUT2D eigenvalue weighted by atomic mass is 10.1.